The molecule has 0 aliphatic carbocycles. The molecule has 0 bridgehead atoms. The first-order chi connectivity index (χ1) is 7.67. The Kier molecular flexibility index (Phi) is 2.66. The van der Waals surface area contributed by atoms with E-state index in [1.165, 1.54) is 6.07 Å². The summed E-state index contributed by atoms with van der Waals surface area (Å²) < 4.78 is 60.2. The maximum atomic E-state index is 12.7. The van der Waals surface area contributed by atoms with Gasteiger partial charge in [0.25, 0.3) is 9.05 Å². The predicted molar refractivity (Wildman–Crippen MR) is 53.5 cm³/mol. The van der Waals surface area contributed by atoms with Gasteiger partial charge in [-0.1, -0.05) is 12.1 Å². The third-order valence-electron chi connectivity index (χ3n) is 2.35. The lowest BCUT2D eigenvalue weighted by molar-refractivity contribution is -0.165. The van der Waals surface area contributed by atoms with Crippen molar-refractivity contribution in [2.45, 2.75) is 16.7 Å². The van der Waals surface area contributed by atoms with Crippen LogP contribution in [-0.4, -0.2) is 14.6 Å². The molecule has 17 heavy (non-hydrogen) atoms. The number of hydrogen-bond donors (Lipinski definition) is 2. The average molecular weight is 287 g/mol. The topological polar surface area (TPSA) is 78.0 Å². The van der Waals surface area contributed by atoms with Crippen LogP contribution in [0.3, 0.4) is 0 Å². The molecule has 0 aromatic heterocycles. The first kappa shape index (κ1) is 12.6. The van der Waals surface area contributed by atoms with Gasteiger partial charge in [-0.2, -0.15) is 13.2 Å². The minimum Gasteiger partial charge on any atom is -0.223 e. The van der Waals surface area contributed by atoms with Gasteiger partial charge in [0.15, 0.2) is 0 Å². The second-order valence-corrected chi connectivity index (χ2v) is 6.03. The van der Waals surface area contributed by atoms with Crippen LogP contribution in [0, 0.1) is 0 Å². The molecule has 0 radical (unpaired) electrons. The molecule has 0 spiro atoms. The lowest BCUT2D eigenvalue weighted by Gasteiger charge is -2.16. The normalized spacial score (nSPS) is 19.1. The van der Waals surface area contributed by atoms with Crippen LogP contribution >= 0.6 is 10.7 Å². The second kappa shape index (κ2) is 3.58. The van der Waals surface area contributed by atoms with Gasteiger partial charge in [0, 0.05) is 10.7 Å². The lowest BCUT2D eigenvalue weighted by atomic mass is 10.0. The summed E-state index contributed by atoms with van der Waals surface area (Å²) in [7, 11) is 1.01. The monoisotopic (exact) mass is 286 g/mol. The van der Waals surface area contributed by atoms with Crippen LogP contribution < -0.4 is 10.9 Å². The van der Waals surface area contributed by atoms with Gasteiger partial charge in [-0.05, 0) is 17.7 Å². The van der Waals surface area contributed by atoms with Crippen molar-refractivity contribution in [3.63, 3.8) is 0 Å². The van der Waals surface area contributed by atoms with E-state index in [0.717, 1.165) is 18.2 Å². The van der Waals surface area contributed by atoms with Gasteiger partial charge in [-0.15, -0.1) is 0 Å². The van der Waals surface area contributed by atoms with E-state index in [-0.39, 0.29) is 10.5 Å². The molecule has 94 valence electrons. The summed E-state index contributed by atoms with van der Waals surface area (Å²) in [5.41, 5.74) is 1.30. The molecule has 1 saturated heterocycles. The fourth-order valence-corrected chi connectivity index (χ4v) is 2.19. The highest BCUT2D eigenvalue weighted by atomic mass is 35.7. The van der Waals surface area contributed by atoms with E-state index in [2.05, 4.69) is 0 Å². The summed E-state index contributed by atoms with van der Waals surface area (Å²) >= 11 is 0. The quantitative estimate of drug-likeness (QED) is 0.637. The van der Waals surface area contributed by atoms with Crippen LogP contribution in [0.5, 0.6) is 0 Å². The van der Waals surface area contributed by atoms with Crippen LogP contribution in [0.4, 0.5) is 13.2 Å². The molecule has 2 N–H and O–H groups in total. The third-order valence-corrected chi connectivity index (χ3v) is 3.70. The van der Waals surface area contributed by atoms with Crippen molar-refractivity contribution in [1.82, 2.24) is 10.9 Å². The van der Waals surface area contributed by atoms with Crippen molar-refractivity contribution >= 4 is 19.7 Å². The molecule has 9 heteroatoms. The molecule has 1 aliphatic rings. The molecule has 0 amide bonds. The van der Waals surface area contributed by atoms with Gasteiger partial charge in [-0.3, -0.25) is 0 Å². The van der Waals surface area contributed by atoms with Crippen molar-refractivity contribution in [1.29, 1.82) is 0 Å². The van der Waals surface area contributed by atoms with E-state index in [1.54, 1.807) is 0 Å². The molecule has 1 fully saturated rings. The van der Waals surface area contributed by atoms with Crippen LogP contribution in [0.25, 0.3) is 0 Å². The van der Waals surface area contributed by atoms with Crippen molar-refractivity contribution in [2.24, 2.45) is 0 Å². The summed E-state index contributed by atoms with van der Waals surface area (Å²) in [5.74, 6) is 0. The highest BCUT2D eigenvalue weighted by Gasteiger charge is 2.65. The van der Waals surface area contributed by atoms with E-state index < -0.39 is 20.9 Å². The number of alkyl halides is 3. The molecule has 0 saturated carbocycles. The molecule has 1 aliphatic heterocycles. The number of rotatable bonds is 2. The Hall–Kier alpha value is -0.830. The maximum Gasteiger partial charge on any atom is 0.426 e. The first-order valence-corrected chi connectivity index (χ1v) is 6.64. The zero-order valence-corrected chi connectivity index (χ0v) is 9.62. The third kappa shape index (κ3) is 2.13. The SMILES string of the molecule is O=S(=O)(Cl)c1cccc(C2(C(F)(F)F)NN2)c1. The molecule has 0 unspecified atom stereocenters. The van der Waals surface area contributed by atoms with Gasteiger partial charge in [-0.25, -0.2) is 19.3 Å². The van der Waals surface area contributed by atoms with Gasteiger partial charge in [0.2, 0.25) is 5.66 Å². The van der Waals surface area contributed by atoms with E-state index in [9.17, 15) is 21.6 Å². The molecule has 2 rings (SSSR count). The Morgan fingerprint density at radius 2 is 1.82 bits per heavy atom. The Bertz CT molecular complexity index is 554. The number of hydrazine groups is 1. The Morgan fingerprint density at radius 3 is 2.24 bits per heavy atom. The van der Waals surface area contributed by atoms with Crippen LogP contribution in [0.15, 0.2) is 29.2 Å². The van der Waals surface area contributed by atoms with Gasteiger partial charge >= 0.3 is 6.18 Å². The standard InChI is InChI=1S/C8H6ClF3N2O2S/c9-17(15,16)6-3-1-2-5(4-6)7(13-14-7)8(10,11)12/h1-4,13-14H. The van der Waals surface area contributed by atoms with Gasteiger partial charge in [0.1, 0.15) is 0 Å². The van der Waals surface area contributed by atoms with E-state index in [1.807, 2.05) is 10.9 Å². The highest BCUT2D eigenvalue weighted by Crippen LogP contribution is 2.42. The molecule has 1 heterocycles. The summed E-state index contributed by atoms with van der Waals surface area (Å²) in [4.78, 5) is -0.379. The molecule has 1 aromatic carbocycles. The zero-order chi connectivity index (χ0) is 12.9. The van der Waals surface area contributed by atoms with Crippen LogP contribution in [0.2, 0.25) is 0 Å². The summed E-state index contributed by atoms with van der Waals surface area (Å²) in [6, 6.07) is 4.35. The van der Waals surface area contributed by atoms with Crippen molar-refractivity contribution in [3.05, 3.63) is 29.8 Å². The minimum absolute atomic E-state index is 0.258. The minimum atomic E-state index is -4.58. The largest absolute Gasteiger partial charge is 0.426 e. The lowest BCUT2D eigenvalue weighted by Crippen LogP contribution is -2.34. The summed E-state index contributed by atoms with van der Waals surface area (Å²) in [6.07, 6.45) is -4.58. The molecule has 0 atom stereocenters. The fourth-order valence-electron chi connectivity index (χ4n) is 1.39. The number of hydrogen-bond acceptors (Lipinski definition) is 4. The summed E-state index contributed by atoms with van der Waals surface area (Å²) in [5, 5.41) is 0. The van der Waals surface area contributed by atoms with Crippen molar-refractivity contribution < 1.29 is 21.6 Å². The zero-order valence-electron chi connectivity index (χ0n) is 8.05. The van der Waals surface area contributed by atoms with E-state index in [0.29, 0.717) is 0 Å². The number of nitrogens with one attached hydrogen (secondary N) is 2. The van der Waals surface area contributed by atoms with Crippen molar-refractivity contribution in [3.8, 4) is 0 Å². The van der Waals surface area contributed by atoms with Gasteiger partial charge < -0.3 is 0 Å². The Labute approximate surface area is 99.2 Å². The average Bonchev–Trinajstić information content (AvgIpc) is 2.96. The van der Waals surface area contributed by atoms with Crippen LogP contribution in [0.1, 0.15) is 5.56 Å². The Balaban J connectivity index is 2.49. The second-order valence-electron chi connectivity index (χ2n) is 3.46. The van der Waals surface area contributed by atoms with Crippen molar-refractivity contribution in [2.75, 3.05) is 0 Å². The maximum absolute atomic E-state index is 12.7. The Morgan fingerprint density at radius 1 is 1.24 bits per heavy atom. The number of benzene rings is 1. The van der Waals surface area contributed by atoms with Gasteiger partial charge in [0.05, 0.1) is 4.90 Å². The smallest absolute Gasteiger partial charge is 0.223 e. The van der Waals surface area contributed by atoms with E-state index >= 15 is 0 Å². The van der Waals surface area contributed by atoms with E-state index in [4.69, 9.17) is 10.7 Å². The number of halogens is 4. The molecular formula is C8H6ClF3N2O2S. The highest BCUT2D eigenvalue weighted by molar-refractivity contribution is 8.13. The molecular weight excluding hydrogens is 281 g/mol. The van der Waals surface area contributed by atoms with Crippen LogP contribution in [-0.2, 0) is 14.7 Å². The molecule has 1 aromatic rings. The fraction of sp³-hybridized carbons (Fsp3) is 0.250. The molecule has 4 nitrogen and oxygen atoms in total. The summed E-state index contributed by atoms with van der Waals surface area (Å²) in [6.45, 7) is 0. The first-order valence-electron chi connectivity index (χ1n) is 4.33. The predicted octanol–water partition coefficient (Wildman–Crippen LogP) is 1.44.